The van der Waals surface area contributed by atoms with Crippen LogP contribution in [0.1, 0.15) is 39.0 Å². The second-order valence-corrected chi connectivity index (χ2v) is 6.56. The van der Waals surface area contributed by atoms with Gasteiger partial charge in [-0.25, -0.2) is 0 Å². The summed E-state index contributed by atoms with van der Waals surface area (Å²) in [7, 11) is 0. The fourth-order valence-electron chi connectivity index (χ4n) is 4.48. The second kappa shape index (κ2) is 3.14. The lowest BCUT2D eigenvalue weighted by atomic mass is 9.51. The molecule has 0 heterocycles. The Labute approximate surface area is 101 Å². The molecule has 4 rings (SSSR count). The number of nitrogens with one attached hydrogen (secondary N) is 1. The van der Waals surface area contributed by atoms with Gasteiger partial charge in [0.1, 0.15) is 0 Å². The van der Waals surface area contributed by atoms with Crippen molar-refractivity contribution in [3.8, 4) is 0 Å². The smallest absolute Gasteiger partial charge is 0.217 e. The summed E-state index contributed by atoms with van der Waals surface area (Å²) in [5.74, 6) is 1.36. The maximum absolute atomic E-state index is 11.3. The number of rotatable bonds is 1. The van der Waals surface area contributed by atoms with Crippen LogP contribution in [0, 0.1) is 17.8 Å². The number of hydrogen-bond acceptors (Lipinski definition) is 2. The first-order valence-electron chi connectivity index (χ1n) is 6.13. The largest absolute Gasteiger partial charge is 0.372 e. The molecular weight excluding hydrogens is 226 g/mol. The van der Waals surface area contributed by atoms with Crippen molar-refractivity contribution in [1.82, 2.24) is 5.32 Å². The van der Waals surface area contributed by atoms with E-state index in [9.17, 15) is 9.90 Å². The molecule has 4 heteroatoms. The molecule has 2 N–H and O–H groups in total. The van der Waals surface area contributed by atoms with Crippen molar-refractivity contribution in [1.29, 1.82) is 0 Å². The molecule has 5 atom stereocenters. The van der Waals surface area contributed by atoms with E-state index in [-0.39, 0.29) is 11.8 Å². The summed E-state index contributed by atoms with van der Waals surface area (Å²) in [5.41, 5.74) is -0.560. The third-order valence-corrected chi connectivity index (χ3v) is 5.47. The molecule has 16 heavy (non-hydrogen) atoms. The van der Waals surface area contributed by atoms with Crippen LogP contribution in [-0.4, -0.2) is 21.6 Å². The van der Waals surface area contributed by atoms with Crippen LogP contribution >= 0.6 is 11.6 Å². The summed E-state index contributed by atoms with van der Waals surface area (Å²) >= 11 is 6.37. The predicted octanol–water partition coefficient (Wildman–Crippen LogP) is 1.63. The van der Waals surface area contributed by atoms with Crippen molar-refractivity contribution in [2.75, 3.05) is 0 Å². The van der Waals surface area contributed by atoms with E-state index < -0.39 is 10.6 Å². The van der Waals surface area contributed by atoms with Crippen LogP contribution in [0.4, 0.5) is 0 Å². The van der Waals surface area contributed by atoms with E-state index in [0.29, 0.717) is 11.8 Å². The SMILES string of the molecule is CC(=O)NC12C[C@@H]3CC(C[C@@H](C3)C1)C2(O)Cl. The molecular formula is C12H18ClNO2. The van der Waals surface area contributed by atoms with E-state index in [1.165, 1.54) is 13.3 Å². The fraction of sp³-hybridized carbons (Fsp3) is 0.917. The molecule has 0 spiro atoms. The molecule has 0 radical (unpaired) electrons. The zero-order valence-electron chi connectivity index (χ0n) is 9.50. The molecule has 0 saturated heterocycles. The van der Waals surface area contributed by atoms with Gasteiger partial charge >= 0.3 is 0 Å². The monoisotopic (exact) mass is 243 g/mol. The lowest BCUT2D eigenvalue weighted by Gasteiger charge is -2.62. The first-order valence-corrected chi connectivity index (χ1v) is 6.51. The number of halogens is 1. The minimum absolute atomic E-state index is 0.0824. The van der Waals surface area contributed by atoms with Gasteiger partial charge in [-0.1, -0.05) is 11.6 Å². The summed E-state index contributed by atoms with van der Waals surface area (Å²) in [6.07, 6.45) is 5.00. The topological polar surface area (TPSA) is 49.3 Å². The van der Waals surface area contributed by atoms with Crippen molar-refractivity contribution in [3.63, 3.8) is 0 Å². The first kappa shape index (κ1) is 10.8. The number of hydrogen-bond donors (Lipinski definition) is 2. The Balaban J connectivity index is 1.98. The van der Waals surface area contributed by atoms with Crippen molar-refractivity contribution < 1.29 is 9.90 Å². The molecule has 4 fully saturated rings. The van der Waals surface area contributed by atoms with E-state index in [4.69, 9.17) is 11.6 Å². The molecule has 4 bridgehead atoms. The van der Waals surface area contributed by atoms with E-state index in [1.807, 2.05) is 0 Å². The second-order valence-electron chi connectivity index (χ2n) is 5.98. The quantitative estimate of drug-likeness (QED) is 0.688. The van der Waals surface area contributed by atoms with Gasteiger partial charge in [-0.3, -0.25) is 4.79 Å². The van der Waals surface area contributed by atoms with Gasteiger partial charge in [-0.15, -0.1) is 0 Å². The zero-order chi connectivity index (χ0) is 11.6. The minimum Gasteiger partial charge on any atom is -0.372 e. The van der Waals surface area contributed by atoms with Gasteiger partial charge in [0.05, 0.1) is 5.54 Å². The van der Waals surface area contributed by atoms with Gasteiger partial charge in [0.25, 0.3) is 0 Å². The van der Waals surface area contributed by atoms with Crippen LogP contribution in [0.3, 0.4) is 0 Å². The van der Waals surface area contributed by atoms with E-state index >= 15 is 0 Å². The maximum atomic E-state index is 11.3. The van der Waals surface area contributed by atoms with E-state index in [2.05, 4.69) is 5.32 Å². The molecule has 4 aliphatic rings. The van der Waals surface area contributed by atoms with Gasteiger partial charge in [-0.05, 0) is 43.9 Å². The number of amides is 1. The highest BCUT2D eigenvalue weighted by molar-refractivity contribution is 6.24. The van der Waals surface area contributed by atoms with Crippen LogP contribution in [0.25, 0.3) is 0 Å². The Morgan fingerprint density at radius 2 is 1.88 bits per heavy atom. The van der Waals surface area contributed by atoms with Gasteiger partial charge in [0.2, 0.25) is 5.91 Å². The summed E-state index contributed by atoms with van der Waals surface area (Å²) < 4.78 is 0. The molecule has 1 amide bonds. The van der Waals surface area contributed by atoms with Crippen molar-refractivity contribution in [2.24, 2.45) is 17.8 Å². The van der Waals surface area contributed by atoms with E-state index in [0.717, 1.165) is 25.7 Å². The Kier molecular flexibility index (Phi) is 2.13. The van der Waals surface area contributed by atoms with Crippen LogP contribution in [0.15, 0.2) is 0 Å². The first-order chi connectivity index (χ1) is 7.43. The molecule has 90 valence electrons. The average Bonchev–Trinajstić information content (AvgIpc) is 2.12. The number of carbonyl (C=O) groups excluding carboxylic acids is 1. The molecule has 0 aromatic heterocycles. The summed E-state index contributed by atoms with van der Waals surface area (Å²) in [4.78, 5) is 11.3. The highest BCUT2D eigenvalue weighted by Crippen LogP contribution is 2.61. The predicted molar refractivity (Wildman–Crippen MR) is 60.9 cm³/mol. The highest BCUT2D eigenvalue weighted by atomic mass is 35.5. The van der Waals surface area contributed by atoms with Gasteiger partial charge in [0.15, 0.2) is 5.06 Å². The number of aliphatic hydroxyl groups is 1. The molecule has 4 aliphatic carbocycles. The van der Waals surface area contributed by atoms with Gasteiger partial charge in [-0.2, -0.15) is 0 Å². The van der Waals surface area contributed by atoms with Crippen molar-refractivity contribution in [2.45, 2.75) is 49.6 Å². The molecule has 0 aromatic carbocycles. The molecule has 0 aromatic rings. The number of carbonyl (C=O) groups is 1. The van der Waals surface area contributed by atoms with Crippen LogP contribution in [-0.2, 0) is 4.79 Å². The van der Waals surface area contributed by atoms with Gasteiger partial charge in [0, 0.05) is 12.8 Å². The molecule has 4 saturated carbocycles. The van der Waals surface area contributed by atoms with Gasteiger partial charge < -0.3 is 10.4 Å². The van der Waals surface area contributed by atoms with Crippen LogP contribution in [0.2, 0.25) is 0 Å². The summed E-state index contributed by atoms with van der Waals surface area (Å²) in [6.45, 7) is 1.51. The Morgan fingerprint density at radius 1 is 1.31 bits per heavy atom. The third kappa shape index (κ3) is 1.28. The number of alkyl halides is 1. The molecule has 3 unspecified atom stereocenters. The normalized spacial score (nSPS) is 54.1. The Morgan fingerprint density at radius 3 is 2.38 bits per heavy atom. The lowest BCUT2D eigenvalue weighted by Crippen LogP contribution is -2.72. The minimum atomic E-state index is -1.23. The standard InChI is InChI=1S/C12H18ClNO2/c1-7(15)14-11-5-8-2-9(6-11)4-10(3-8)12(11,13)16/h8-10,16H,2-6H2,1H3,(H,14,15)/t8-,9+,10?,11?,12?. The third-order valence-electron chi connectivity index (χ3n) is 4.80. The maximum Gasteiger partial charge on any atom is 0.217 e. The summed E-state index contributed by atoms with van der Waals surface area (Å²) in [6, 6.07) is 0. The zero-order valence-corrected chi connectivity index (χ0v) is 10.3. The summed E-state index contributed by atoms with van der Waals surface area (Å²) in [5, 5.41) is 12.3. The van der Waals surface area contributed by atoms with Crippen molar-refractivity contribution >= 4 is 17.5 Å². The van der Waals surface area contributed by atoms with E-state index in [1.54, 1.807) is 0 Å². The van der Waals surface area contributed by atoms with Crippen LogP contribution < -0.4 is 5.32 Å². The molecule has 3 nitrogen and oxygen atoms in total. The average molecular weight is 244 g/mol. The Bertz CT molecular complexity index is 328. The molecule has 0 aliphatic heterocycles. The Hall–Kier alpha value is -0.280. The lowest BCUT2D eigenvalue weighted by molar-refractivity contribution is -0.158. The fourth-order valence-corrected chi connectivity index (χ4v) is 4.86. The van der Waals surface area contributed by atoms with Crippen molar-refractivity contribution in [3.05, 3.63) is 0 Å². The van der Waals surface area contributed by atoms with Crippen LogP contribution in [0.5, 0.6) is 0 Å². The highest BCUT2D eigenvalue weighted by Gasteiger charge is 2.65.